The lowest BCUT2D eigenvalue weighted by atomic mass is 10.0. The van der Waals surface area contributed by atoms with Crippen LogP contribution in [0.15, 0.2) is 36.7 Å². The van der Waals surface area contributed by atoms with Crippen molar-refractivity contribution in [2.75, 3.05) is 13.2 Å². The van der Waals surface area contributed by atoms with Crippen LogP contribution in [-0.2, 0) is 27.1 Å². The van der Waals surface area contributed by atoms with E-state index in [9.17, 15) is 39.5 Å². The Morgan fingerprint density at radius 1 is 0.605 bits per heavy atom. The largest absolute Gasteiger partial charge is 0.527 e. The van der Waals surface area contributed by atoms with E-state index in [0.29, 0.717) is 18.7 Å². The first-order valence-corrected chi connectivity index (χ1v) is 14.2. The summed E-state index contributed by atoms with van der Waals surface area (Å²) in [5.41, 5.74) is 3.08. The molecular weight excluding hydrogens is 595 g/mol. The first-order chi connectivity index (χ1) is 20.1. The fraction of sp³-hybridized carbons (Fsp3) is 0.655. The van der Waals surface area contributed by atoms with Crippen LogP contribution in [0.5, 0.6) is 0 Å². The molecule has 0 fully saturated rings. The zero-order chi connectivity index (χ0) is 32.0. The number of halogens is 9. The summed E-state index contributed by atoms with van der Waals surface area (Å²) < 4.78 is 123. The number of ether oxygens (including phenoxy) is 3. The SMILES string of the molecule is CCCCCCCCc1cnc(-c2ccc(CCCCCCOCC(F)(F)OC(F)(F)C(F)(F)OC(F)(F)F)cc2)nc1. The molecule has 0 aliphatic carbocycles. The van der Waals surface area contributed by atoms with Crippen molar-refractivity contribution in [2.24, 2.45) is 0 Å². The second kappa shape index (κ2) is 17.1. The smallest absolute Gasteiger partial charge is 0.372 e. The van der Waals surface area contributed by atoms with Crippen molar-refractivity contribution in [1.82, 2.24) is 9.97 Å². The summed E-state index contributed by atoms with van der Waals surface area (Å²) in [4.78, 5) is 8.96. The van der Waals surface area contributed by atoms with Gasteiger partial charge in [0, 0.05) is 24.6 Å². The number of unbranched alkanes of at least 4 members (excludes halogenated alkanes) is 8. The van der Waals surface area contributed by atoms with Crippen molar-refractivity contribution in [3.05, 3.63) is 47.8 Å². The minimum absolute atomic E-state index is 0.255. The lowest BCUT2D eigenvalue weighted by Crippen LogP contribution is -2.51. The molecule has 1 heterocycles. The lowest BCUT2D eigenvalue weighted by molar-refractivity contribution is -0.530. The normalized spacial score (nSPS) is 13.1. The Morgan fingerprint density at radius 2 is 1.12 bits per heavy atom. The quantitative estimate of drug-likeness (QED) is 0.101. The van der Waals surface area contributed by atoms with Crippen LogP contribution in [0.1, 0.15) is 82.3 Å². The highest BCUT2D eigenvalue weighted by Crippen LogP contribution is 2.43. The predicted molar refractivity (Wildman–Crippen MR) is 141 cm³/mol. The molecule has 0 aliphatic heterocycles. The molecule has 0 saturated carbocycles. The zero-order valence-electron chi connectivity index (χ0n) is 23.9. The van der Waals surface area contributed by atoms with Gasteiger partial charge in [0.25, 0.3) is 0 Å². The van der Waals surface area contributed by atoms with Crippen molar-refractivity contribution >= 4 is 0 Å². The molecular formula is C29H37F9N2O3. The van der Waals surface area contributed by atoms with Crippen molar-refractivity contribution in [3.8, 4) is 11.4 Å². The highest BCUT2D eigenvalue weighted by Gasteiger charge is 2.67. The Bertz CT molecular complexity index is 1050. The van der Waals surface area contributed by atoms with Crippen molar-refractivity contribution in [1.29, 1.82) is 0 Å². The van der Waals surface area contributed by atoms with Gasteiger partial charge in [0.2, 0.25) is 0 Å². The van der Waals surface area contributed by atoms with E-state index < -0.39 is 31.3 Å². The van der Waals surface area contributed by atoms with Crippen LogP contribution in [0.2, 0.25) is 0 Å². The maximum atomic E-state index is 13.4. The lowest BCUT2D eigenvalue weighted by Gasteiger charge is -2.29. The maximum Gasteiger partial charge on any atom is 0.527 e. The topological polar surface area (TPSA) is 53.5 Å². The van der Waals surface area contributed by atoms with Crippen LogP contribution in [0, 0.1) is 0 Å². The number of benzene rings is 1. The fourth-order valence-electron chi connectivity index (χ4n) is 4.12. The summed E-state index contributed by atoms with van der Waals surface area (Å²) >= 11 is 0. The van der Waals surface area contributed by atoms with E-state index in [0.717, 1.165) is 42.4 Å². The summed E-state index contributed by atoms with van der Waals surface area (Å²) in [5.74, 6) is 0.640. The number of aryl methyl sites for hydroxylation is 2. The van der Waals surface area contributed by atoms with Gasteiger partial charge in [0.05, 0.1) is 0 Å². The third-order valence-electron chi connectivity index (χ3n) is 6.37. The van der Waals surface area contributed by atoms with E-state index in [-0.39, 0.29) is 13.0 Å². The summed E-state index contributed by atoms with van der Waals surface area (Å²) in [7, 11) is 0. The number of nitrogens with zero attached hydrogens (tertiary/aromatic N) is 2. The fourth-order valence-corrected chi connectivity index (χ4v) is 4.12. The summed E-state index contributed by atoms with van der Waals surface area (Å²) in [6, 6.07) is 7.80. The third-order valence-corrected chi connectivity index (χ3v) is 6.37. The molecule has 1 aromatic heterocycles. The molecule has 1 aromatic carbocycles. The summed E-state index contributed by atoms with van der Waals surface area (Å²) in [6.07, 6.45) is -8.79. The van der Waals surface area contributed by atoms with Crippen molar-refractivity contribution in [2.45, 2.75) is 109 Å². The Kier molecular flexibility index (Phi) is 14.6. The molecule has 0 radical (unpaired) electrons. The number of aromatic nitrogens is 2. The van der Waals surface area contributed by atoms with E-state index in [1.165, 1.54) is 32.1 Å². The molecule has 43 heavy (non-hydrogen) atoms. The molecule has 2 rings (SSSR count). The van der Waals surface area contributed by atoms with E-state index in [1.807, 2.05) is 41.4 Å². The monoisotopic (exact) mass is 632 g/mol. The van der Waals surface area contributed by atoms with Crippen molar-refractivity contribution < 1.29 is 53.7 Å². The van der Waals surface area contributed by atoms with Gasteiger partial charge in [-0.1, -0.05) is 76.1 Å². The van der Waals surface area contributed by atoms with Gasteiger partial charge in [-0.15, -0.1) is 13.2 Å². The molecule has 14 heteroatoms. The molecule has 0 bridgehead atoms. The van der Waals surface area contributed by atoms with Crippen LogP contribution in [0.3, 0.4) is 0 Å². The molecule has 0 spiro atoms. The summed E-state index contributed by atoms with van der Waals surface area (Å²) in [6.45, 7) is 0.0115. The van der Waals surface area contributed by atoms with Gasteiger partial charge in [0.15, 0.2) is 5.82 Å². The Balaban J connectivity index is 1.62. The van der Waals surface area contributed by atoms with Gasteiger partial charge in [-0.3, -0.25) is 0 Å². The molecule has 244 valence electrons. The molecule has 0 saturated heterocycles. The van der Waals surface area contributed by atoms with E-state index >= 15 is 0 Å². The van der Waals surface area contributed by atoms with Gasteiger partial charge >= 0.3 is 24.7 Å². The highest BCUT2D eigenvalue weighted by molar-refractivity contribution is 5.55. The molecule has 0 atom stereocenters. The highest BCUT2D eigenvalue weighted by atomic mass is 19.4. The zero-order valence-corrected chi connectivity index (χ0v) is 23.9. The van der Waals surface area contributed by atoms with Gasteiger partial charge < -0.3 is 4.74 Å². The second-order valence-electron chi connectivity index (χ2n) is 10.2. The molecule has 0 N–H and O–H groups in total. The first kappa shape index (κ1) is 36.7. The van der Waals surface area contributed by atoms with Crippen LogP contribution < -0.4 is 0 Å². The maximum absolute atomic E-state index is 13.4. The molecule has 0 unspecified atom stereocenters. The number of hydrogen-bond acceptors (Lipinski definition) is 5. The third kappa shape index (κ3) is 14.3. The molecule has 0 amide bonds. The molecule has 0 aliphatic rings. The second-order valence-corrected chi connectivity index (χ2v) is 10.2. The van der Waals surface area contributed by atoms with E-state index in [1.54, 1.807) is 0 Å². The minimum Gasteiger partial charge on any atom is -0.372 e. The first-order valence-electron chi connectivity index (χ1n) is 14.2. The average molecular weight is 633 g/mol. The average Bonchev–Trinajstić information content (AvgIpc) is 2.91. The minimum atomic E-state index is -6.37. The molecule has 5 nitrogen and oxygen atoms in total. The van der Waals surface area contributed by atoms with Crippen molar-refractivity contribution in [3.63, 3.8) is 0 Å². The van der Waals surface area contributed by atoms with Gasteiger partial charge in [-0.25, -0.2) is 19.4 Å². The van der Waals surface area contributed by atoms with Gasteiger partial charge in [-0.05, 0) is 43.2 Å². The van der Waals surface area contributed by atoms with Crippen LogP contribution >= 0.6 is 0 Å². The Labute approximate surface area is 245 Å². The standard InChI is InChI=1S/C29H37F9N2O3/c1-2-3-4-5-6-10-13-23-19-39-25(40-20-23)24-16-14-22(15-17-24)12-9-7-8-11-18-41-21-26(30,31)42-27(32,33)28(34,35)43-29(36,37)38/h14-17,19-20H,2-13,18,21H2,1H3. The van der Waals surface area contributed by atoms with E-state index in [4.69, 9.17) is 0 Å². The Morgan fingerprint density at radius 3 is 1.70 bits per heavy atom. The van der Waals surface area contributed by atoms with Gasteiger partial charge in [-0.2, -0.15) is 26.3 Å². The predicted octanol–water partition coefficient (Wildman–Crippen LogP) is 9.50. The Hall–Kier alpha value is -2.45. The van der Waals surface area contributed by atoms with Gasteiger partial charge in [0.1, 0.15) is 6.61 Å². The summed E-state index contributed by atoms with van der Waals surface area (Å²) in [5, 5.41) is 0. The van der Waals surface area contributed by atoms with Crippen LogP contribution in [0.25, 0.3) is 11.4 Å². The van der Waals surface area contributed by atoms with E-state index in [2.05, 4.69) is 26.4 Å². The number of rotatable bonds is 21. The number of hydrogen-bond donors (Lipinski definition) is 0. The molecule has 2 aromatic rings. The van der Waals surface area contributed by atoms with Crippen LogP contribution in [0.4, 0.5) is 39.5 Å². The van der Waals surface area contributed by atoms with Crippen LogP contribution in [-0.4, -0.2) is 47.9 Å². The number of alkyl halides is 9.